The van der Waals surface area contributed by atoms with Crippen molar-refractivity contribution >= 4 is 33.5 Å². The Morgan fingerprint density at radius 3 is 2.38 bits per heavy atom. The number of nitro benzene ring substituents is 1. The van der Waals surface area contributed by atoms with Gasteiger partial charge in [-0.15, -0.1) is 0 Å². The number of methoxy groups -OCH3 is 1. The molecule has 0 aliphatic heterocycles. The van der Waals surface area contributed by atoms with Crippen molar-refractivity contribution in [3.63, 3.8) is 0 Å². The summed E-state index contributed by atoms with van der Waals surface area (Å²) < 4.78 is 6.65. The SMILES string of the molecule is COC(=O)c1ccc2c(c1)c1cc([N+](=O)[O-])ccc1n2C. The number of benzene rings is 2. The second kappa shape index (κ2) is 4.59. The predicted octanol–water partition coefficient (Wildman–Crippen LogP) is 3.03. The van der Waals surface area contributed by atoms with E-state index < -0.39 is 10.9 Å². The van der Waals surface area contributed by atoms with Gasteiger partial charge in [0.25, 0.3) is 5.69 Å². The highest BCUT2D eigenvalue weighted by Gasteiger charge is 2.15. The van der Waals surface area contributed by atoms with E-state index in [2.05, 4.69) is 0 Å². The number of hydrogen-bond donors (Lipinski definition) is 0. The summed E-state index contributed by atoms with van der Waals surface area (Å²) in [6.07, 6.45) is 0. The van der Waals surface area contributed by atoms with Gasteiger partial charge in [0.15, 0.2) is 0 Å². The minimum Gasteiger partial charge on any atom is -0.465 e. The zero-order valence-electron chi connectivity index (χ0n) is 11.5. The predicted molar refractivity (Wildman–Crippen MR) is 78.4 cm³/mol. The lowest BCUT2D eigenvalue weighted by molar-refractivity contribution is -0.384. The number of ether oxygens (including phenoxy) is 1. The normalized spacial score (nSPS) is 11.0. The number of aryl methyl sites for hydroxylation is 1. The van der Waals surface area contributed by atoms with Gasteiger partial charge in [-0.1, -0.05) is 0 Å². The van der Waals surface area contributed by atoms with Crippen molar-refractivity contribution in [3.8, 4) is 0 Å². The van der Waals surface area contributed by atoms with Crippen LogP contribution in [-0.2, 0) is 11.8 Å². The van der Waals surface area contributed by atoms with Gasteiger partial charge in [0.2, 0.25) is 0 Å². The van der Waals surface area contributed by atoms with Crippen LogP contribution in [0.4, 0.5) is 5.69 Å². The van der Waals surface area contributed by atoms with Gasteiger partial charge in [-0.2, -0.15) is 0 Å². The molecule has 106 valence electrons. The van der Waals surface area contributed by atoms with Gasteiger partial charge in [0.05, 0.1) is 17.6 Å². The number of aromatic nitrogens is 1. The Hall–Kier alpha value is -2.89. The van der Waals surface area contributed by atoms with E-state index in [1.165, 1.54) is 19.2 Å². The van der Waals surface area contributed by atoms with Gasteiger partial charge in [-0.25, -0.2) is 4.79 Å². The van der Waals surface area contributed by atoms with E-state index in [0.29, 0.717) is 5.56 Å². The van der Waals surface area contributed by atoms with Crippen LogP contribution in [-0.4, -0.2) is 22.6 Å². The molecular weight excluding hydrogens is 272 g/mol. The Bertz CT molecular complexity index is 895. The first-order chi connectivity index (χ1) is 10.0. The molecule has 3 rings (SSSR count). The number of esters is 1. The number of nitro groups is 1. The second-order valence-corrected chi connectivity index (χ2v) is 4.74. The molecule has 0 fully saturated rings. The molecule has 2 aromatic carbocycles. The highest BCUT2D eigenvalue weighted by atomic mass is 16.6. The molecule has 3 aromatic rings. The molecule has 6 nitrogen and oxygen atoms in total. The molecule has 0 amide bonds. The molecule has 0 radical (unpaired) electrons. The first kappa shape index (κ1) is 13.1. The van der Waals surface area contributed by atoms with E-state index in [4.69, 9.17) is 4.74 Å². The van der Waals surface area contributed by atoms with Gasteiger partial charge >= 0.3 is 5.97 Å². The summed E-state index contributed by atoms with van der Waals surface area (Å²) in [4.78, 5) is 22.1. The molecule has 1 aromatic heterocycles. The Labute approximate surface area is 119 Å². The molecule has 0 spiro atoms. The van der Waals surface area contributed by atoms with E-state index in [1.54, 1.807) is 18.2 Å². The molecule has 0 bridgehead atoms. The van der Waals surface area contributed by atoms with Gasteiger partial charge in [0, 0.05) is 41.0 Å². The topological polar surface area (TPSA) is 74.4 Å². The quantitative estimate of drug-likeness (QED) is 0.412. The summed E-state index contributed by atoms with van der Waals surface area (Å²) in [5, 5.41) is 12.5. The van der Waals surface area contributed by atoms with Crippen LogP contribution in [0.15, 0.2) is 36.4 Å². The van der Waals surface area contributed by atoms with Crippen molar-refractivity contribution in [1.82, 2.24) is 4.57 Å². The maximum Gasteiger partial charge on any atom is 0.337 e. The minimum atomic E-state index is -0.431. The van der Waals surface area contributed by atoms with Crippen molar-refractivity contribution in [2.24, 2.45) is 7.05 Å². The standard InChI is InChI=1S/C15H12N2O4/c1-16-13-5-3-9(15(18)21-2)7-11(13)12-8-10(17(19)20)4-6-14(12)16/h3-8H,1-2H3. The summed E-state index contributed by atoms with van der Waals surface area (Å²) in [5.41, 5.74) is 2.22. The zero-order chi connectivity index (χ0) is 15.1. The smallest absolute Gasteiger partial charge is 0.337 e. The number of carbonyl (C=O) groups excluding carboxylic acids is 1. The van der Waals surface area contributed by atoms with Crippen LogP contribution in [0, 0.1) is 10.1 Å². The van der Waals surface area contributed by atoms with Crippen LogP contribution < -0.4 is 0 Å². The molecule has 0 unspecified atom stereocenters. The monoisotopic (exact) mass is 284 g/mol. The lowest BCUT2D eigenvalue weighted by Crippen LogP contribution is -2.00. The Morgan fingerprint density at radius 1 is 1.14 bits per heavy atom. The third kappa shape index (κ3) is 1.92. The van der Waals surface area contributed by atoms with Crippen LogP contribution >= 0.6 is 0 Å². The van der Waals surface area contributed by atoms with E-state index in [0.717, 1.165) is 21.8 Å². The first-order valence-electron chi connectivity index (χ1n) is 6.28. The van der Waals surface area contributed by atoms with Gasteiger partial charge in [0.1, 0.15) is 0 Å². The summed E-state index contributed by atoms with van der Waals surface area (Å²) in [7, 11) is 3.20. The number of rotatable bonds is 2. The molecule has 6 heteroatoms. The highest BCUT2D eigenvalue weighted by Crippen LogP contribution is 2.31. The van der Waals surface area contributed by atoms with Crippen LogP contribution in [0.3, 0.4) is 0 Å². The minimum absolute atomic E-state index is 0.0264. The Morgan fingerprint density at radius 2 is 1.76 bits per heavy atom. The second-order valence-electron chi connectivity index (χ2n) is 4.74. The molecule has 0 aliphatic carbocycles. The van der Waals surface area contributed by atoms with Crippen LogP contribution in [0.1, 0.15) is 10.4 Å². The molecule has 0 saturated carbocycles. The maximum atomic E-state index is 11.6. The molecular formula is C15H12N2O4. The molecule has 0 atom stereocenters. The van der Waals surface area contributed by atoms with Crippen LogP contribution in [0.2, 0.25) is 0 Å². The maximum absolute atomic E-state index is 11.6. The number of nitrogens with zero attached hydrogens (tertiary/aromatic N) is 2. The zero-order valence-corrected chi connectivity index (χ0v) is 11.5. The molecule has 21 heavy (non-hydrogen) atoms. The third-order valence-electron chi connectivity index (χ3n) is 3.62. The van der Waals surface area contributed by atoms with Gasteiger partial charge in [-0.05, 0) is 24.3 Å². The Balaban J connectivity index is 2.38. The first-order valence-corrected chi connectivity index (χ1v) is 6.28. The average Bonchev–Trinajstić information content (AvgIpc) is 2.78. The largest absolute Gasteiger partial charge is 0.465 e. The highest BCUT2D eigenvalue weighted by molar-refractivity contribution is 6.10. The number of fused-ring (bicyclic) bond motifs is 3. The molecule has 0 aliphatic rings. The van der Waals surface area contributed by atoms with Crippen molar-refractivity contribution in [2.45, 2.75) is 0 Å². The molecule has 0 N–H and O–H groups in total. The summed E-state index contributed by atoms with van der Waals surface area (Å²) in [6, 6.07) is 9.91. The van der Waals surface area contributed by atoms with E-state index in [-0.39, 0.29) is 5.69 Å². The average molecular weight is 284 g/mol. The van der Waals surface area contributed by atoms with Crippen molar-refractivity contribution in [3.05, 3.63) is 52.1 Å². The fourth-order valence-electron chi connectivity index (χ4n) is 2.56. The number of carbonyl (C=O) groups is 1. The van der Waals surface area contributed by atoms with Crippen molar-refractivity contribution in [1.29, 1.82) is 0 Å². The van der Waals surface area contributed by atoms with E-state index >= 15 is 0 Å². The van der Waals surface area contributed by atoms with Crippen LogP contribution in [0.5, 0.6) is 0 Å². The summed E-state index contributed by atoms with van der Waals surface area (Å²) in [6.45, 7) is 0. The molecule has 0 saturated heterocycles. The fraction of sp³-hybridized carbons (Fsp3) is 0.133. The van der Waals surface area contributed by atoms with Crippen molar-refractivity contribution < 1.29 is 14.5 Å². The summed E-state index contributed by atoms with van der Waals surface area (Å²) in [5.74, 6) is -0.431. The van der Waals surface area contributed by atoms with Gasteiger partial charge < -0.3 is 9.30 Å². The van der Waals surface area contributed by atoms with E-state index in [1.807, 2.05) is 17.7 Å². The third-order valence-corrected chi connectivity index (χ3v) is 3.62. The lowest BCUT2D eigenvalue weighted by Gasteiger charge is -2.00. The fourth-order valence-corrected chi connectivity index (χ4v) is 2.56. The van der Waals surface area contributed by atoms with Gasteiger partial charge in [-0.3, -0.25) is 10.1 Å². The van der Waals surface area contributed by atoms with E-state index in [9.17, 15) is 14.9 Å². The number of non-ortho nitro benzene ring substituents is 1. The van der Waals surface area contributed by atoms with Crippen molar-refractivity contribution in [2.75, 3.05) is 7.11 Å². The number of hydrogen-bond acceptors (Lipinski definition) is 4. The lowest BCUT2D eigenvalue weighted by atomic mass is 10.1. The van der Waals surface area contributed by atoms with Crippen LogP contribution in [0.25, 0.3) is 21.8 Å². The Kier molecular flexibility index (Phi) is 2.86. The summed E-state index contributed by atoms with van der Waals surface area (Å²) >= 11 is 0. The molecule has 1 heterocycles.